The molecular formula is C15H17NO3. The Kier molecular flexibility index (Phi) is 2.73. The smallest absolute Gasteiger partial charge is 0.329 e. The summed E-state index contributed by atoms with van der Waals surface area (Å²) < 4.78 is 5.30. The summed E-state index contributed by atoms with van der Waals surface area (Å²) >= 11 is 0. The van der Waals surface area contributed by atoms with Crippen LogP contribution in [0.3, 0.4) is 0 Å². The number of hydrogen-bond acceptors (Lipinski definition) is 3. The zero-order valence-electron chi connectivity index (χ0n) is 10.9. The highest BCUT2D eigenvalue weighted by atomic mass is 16.5. The van der Waals surface area contributed by atoms with Gasteiger partial charge in [0.05, 0.1) is 6.26 Å². The lowest BCUT2D eigenvalue weighted by Gasteiger charge is -2.33. The van der Waals surface area contributed by atoms with Gasteiger partial charge >= 0.3 is 5.97 Å². The Hall–Kier alpha value is -1.97. The number of anilines is 1. The second-order valence-corrected chi connectivity index (χ2v) is 5.33. The maximum Gasteiger partial charge on any atom is 0.329 e. The van der Waals surface area contributed by atoms with Crippen LogP contribution in [-0.2, 0) is 16.1 Å². The van der Waals surface area contributed by atoms with E-state index in [4.69, 9.17) is 4.74 Å². The molecule has 19 heavy (non-hydrogen) atoms. The summed E-state index contributed by atoms with van der Waals surface area (Å²) in [5.41, 5.74) is 2.44. The predicted molar refractivity (Wildman–Crippen MR) is 72.9 cm³/mol. The summed E-state index contributed by atoms with van der Waals surface area (Å²) in [6, 6.07) is 6.08. The maximum absolute atomic E-state index is 11.5. The van der Waals surface area contributed by atoms with Crippen LogP contribution in [0.25, 0.3) is 6.08 Å². The molecule has 3 rings (SSSR count). The van der Waals surface area contributed by atoms with Gasteiger partial charge in [-0.3, -0.25) is 0 Å². The van der Waals surface area contributed by atoms with Crippen molar-refractivity contribution in [2.75, 3.05) is 11.4 Å². The van der Waals surface area contributed by atoms with Crippen LogP contribution in [0.4, 0.5) is 5.69 Å². The third-order valence-corrected chi connectivity index (χ3v) is 4.12. The van der Waals surface area contributed by atoms with Crippen LogP contribution in [0.1, 0.15) is 30.9 Å². The zero-order valence-corrected chi connectivity index (χ0v) is 10.9. The molecule has 0 aliphatic carbocycles. The fourth-order valence-electron chi connectivity index (χ4n) is 2.91. The first kappa shape index (κ1) is 12.1. The first-order valence-corrected chi connectivity index (χ1v) is 6.53. The van der Waals surface area contributed by atoms with E-state index in [-0.39, 0.29) is 0 Å². The number of hydrogen-bond donors (Lipinski definition) is 1. The van der Waals surface area contributed by atoms with Crippen molar-refractivity contribution < 1.29 is 14.6 Å². The van der Waals surface area contributed by atoms with Crippen molar-refractivity contribution in [2.24, 2.45) is 0 Å². The average Bonchev–Trinajstić information content (AvgIpc) is 2.82. The molecule has 2 aliphatic heterocycles. The average molecular weight is 259 g/mol. The van der Waals surface area contributed by atoms with Crippen molar-refractivity contribution in [1.82, 2.24) is 0 Å². The third kappa shape index (κ3) is 1.87. The van der Waals surface area contributed by atoms with Crippen LogP contribution in [0.2, 0.25) is 0 Å². The van der Waals surface area contributed by atoms with Gasteiger partial charge in [0.25, 0.3) is 0 Å². The second kappa shape index (κ2) is 4.30. The highest BCUT2D eigenvalue weighted by molar-refractivity contribution is 5.84. The summed E-state index contributed by atoms with van der Waals surface area (Å²) in [5, 5.41) is 9.47. The Labute approximate surface area is 112 Å². The van der Waals surface area contributed by atoms with Crippen LogP contribution in [0.15, 0.2) is 24.5 Å². The minimum absolute atomic E-state index is 0.553. The Balaban J connectivity index is 1.98. The molecule has 1 fully saturated rings. The van der Waals surface area contributed by atoms with E-state index in [1.807, 2.05) is 29.2 Å². The Morgan fingerprint density at radius 3 is 3.11 bits per heavy atom. The van der Waals surface area contributed by atoms with Gasteiger partial charge in [-0.25, -0.2) is 4.79 Å². The molecule has 4 heteroatoms. The summed E-state index contributed by atoms with van der Waals surface area (Å²) in [7, 11) is 0. The van der Waals surface area contributed by atoms with E-state index in [1.54, 1.807) is 13.2 Å². The number of carboxylic acids is 1. The van der Waals surface area contributed by atoms with Gasteiger partial charge < -0.3 is 14.7 Å². The molecule has 1 saturated heterocycles. The molecule has 0 saturated carbocycles. The van der Waals surface area contributed by atoms with E-state index in [1.165, 1.54) is 0 Å². The number of ether oxygens (including phenoxy) is 1. The van der Waals surface area contributed by atoms with Gasteiger partial charge in [0.1, 0.15) is 12.1 Å². The van der Waals surface area contributed by atoms with Crippen LogP contribution in [-0.4, -0.2) is 23.2 Å². The minimum atomic E-state index is -0.792. The summed E-state index contributed by atoms with van der Waals surface area (Å²) in [4.78, 5) is 13.5. The van der Waals surface area contributed by atoms with Gasteiger partial charge in [-0.15, -0.1) is 0 Å². The van der Waals surface area contributed by atoms with Crippen molar-refractivity contribution in [2.45, 2.75) is 31.9 Å². The topological polar surface area (TPSA) is 49.8 Å². The molecule has 1 atom stereocenters. The molecular weight excluding hydrogens is 242 g/mol. The number of carboxylic acid groups (broad SMARTS) is 1. The molecule has 4 nitrogen and oxygen atoms in total. The molecule has 100 valence electrons. The van der Waals surface area contributed by atoms with E-state index < -0.39 is 11.5 Å². The van der Waals surface area contributed by atoms with E-state index in [0.29, 0.717) is 13.0 Å². The molecule has 0 aromatic heterocycles. The summed E-state index contributed by atoms with van der Waals surface area (Å²) in [6.07, 6.45) is 5.23. The second-order valence-electron chi connectivity index (χ2n) is 5.33. The number of rotatable bonds is 2. The highest BCUT2D eigenvalue weighted by Crippen LogP contribution is 2.35. The van der Waals surface area contributed by atoms with Crippen molar-refractivity contribution in [3.63, 3.8) is 0 Å². The predicted octanol–water partition coefficient (Wildman–Crippen LogP) is 2.63. The minimum Gasteiger partial charge on any atom is -0.496 e. The molecule has 1 unspecified atom stereocenters. The Morgan fingerprint density at radius 1 is 1.47 bits per heavy atom. The van der Waals surface area contributed by atoms with Crippen molar-refractivity contribution in [3.05, 3.63) is 35.6 Å². The number of benzene rings is 1. The summed E-state index contributed by atoms with van der Waals surface area (Å²) in [6.45, 7) is 3.15. The monoisotopic (exact) mass is 259 g/mol. The van der Waals surface area contributed by atoms with E-state index in [9.17, 15) is 9.90 Å². The van der Waals surface area contributed by atoms with E-state index in [0.717, 1.165) is 29.8 Å². The van der Waals surface area contributed by atoms with Crippen LogP contribution >= 0.6 is 0 Å². The first-order chi connectivity index (χ1) is 9.11. The SMILES string of the molecule is CC1(C(=O)O)CCCN1c1ccc2c(c1)COC=C2. The van der Waals surface area contributed by atoms with Gasteiger partial charge in [-0.05, 0) is 49.1 Å². The molecule has 2 heterocycles. The number of aliphatic carboxylic acids is 1. The van der Waals surface area contributed by atoms with Crippen molar-refractivity contribution in [1.29, 1.82) is 0 Å². The fraction of sp³-hybridized carbons (Fsp3) is 0.400. The van der Waals surface area contributed by atoms with Crippen molar-refractivity contribution in [3.8, 4) is 0 Å². The Bertz CT molecular complexity index is 552. The van der Waals surface area contributed by atoms with E-state index >= 15 is 0 Å². The standard InChI is InChI=1S/C15H17NO3/c1-15(14(17)18)6-2-7-16(15)13-4-3-11-5-8-19-10-12(11)9-13/h3-5,8-9H,2,6-7,10H2,1H3,(H,17,18). The number of fused-ring (bicyclic) bond motifs is 1. The van der Waals surface area contributed by atoms with Gasteiger partial charge in [-0.2, -0.15) is 0 Å². The highest BCUT2D eigenvalue weighted by Gasteiger charge is 2.43. The zero-order chi connectivity index (χ0) is 13.5. The molecule has 0 amide bonds. The molecule has 0 bridgehead atoms. The normalized spacial score (nSPS) is 25.0. The lowest BCUT2D eigenvalue weighted by atomic mass is 9.98. The van der Waals surface area contributed by atoms with Gasteiger partial charge in [0.2, 0.25) is 0 Å². The Morgan fingerprint density at radius 2 is 2.32 bits per heavy atom. The molecule has 1 aromatic carbocycles. The molecule has 1 aromatic rings. The van der Waals surface area contributed by atoms with E-state index in [2.05, 4.69) is 0 Å². The lowest BCUT2D eigenvalue weighted by molar-refractivity contribution is -0.142. The number of carbonyl (C=O) groups is 1. The van der Waals surface area contributed by atoms with Crippen LogP contribution in [0, 0.1) is 0 Å². The van der Waals surface area contributed by atoms with Crippen molar-refractivity contribution >= 4 is 17.7 Å². The van der Waals surface area contributed by atoms with Crippen LogP contribution < -0.4 is 4.90 Å². The largest absolute Gasteiger partial charge is 0.496 e. The molecule has 0 spiro atoms. The summed E-state index contributed by atoms with van der Waals surface area (Å²) in [5.74, 6) is -0.751. The van der Waals surface area contributed by atoms with Gasteiger partial charge in [0.15, 0.2) is 0 Å². The molecule has 2 aliphatic rings. The number of nitrogens with zero attached hydrogens (tertiary/aromatic N) is 1. The molecule has 1 N–H and O–H groups in total. The molecule has 0 radical (unpaired) electrons. The first-order valence-electron chi connectivity index (χ1n) is 6.53. The third-order valence-electron chi connectivity index (χ3n) is 4.12. The van der Waals surface area contributed by atoms with Crippen LogP contribution in [0.5, 0.6) is 0 Å². The maximum atomic E-state index is 11.5. The quantitative estimate of drug-likeness (QED) is 0.887. The van der Waals surface area contributed by atoms with Gasteiger partial charge in [0, 0.05) is 12.2 Å². The lowest BCUT2D eigenvalue weighted by Crippen LogP contribution is -2.48. The fourth-order valence-corrected chi connectivity index (χ4v) is 2.91. The van der Waals surface area contributed by atoms with Gasteiger partial charge in [-0.1, -0.05) is 6.07 Å².